The lowest BCUT2D eigenvalue weighted by molar-refractivity contribution is 0.0847. The van der Waals surface area contributed by atoms with Crippen molar-refractivity contribution in [1.82, 2.24) is 4.90 Å². The minimum atomic E-state index is -2.83. The lowest BCUT2D eigenvalue weighted by Crippen LogP contribution is -2.32. The Balaban J connectivity index is 2.30. The summed E-state index contributed by atoms with van der Waals surface area (Å²) in [5.41, 5.74) is 0. The molecule has 1 atom stereocenters. The molecule has 0 amide bonds. The van der Waals surface area contributed by atoms with E-state index < -0.39 is 9.84 Å². The van der Waals surface area contributed by atoms with Gasteiger partial charge in [0.15, 0.2) is 9.84 Å². The number of ether oxygens (including phenoxy) is 1. The Hall–Kier alpha value is -0.130. The Kier molecular flexibility index (Phi) is 5.89. The highest BCUT2D eigenvalue weighted by Crippen LogP contribution is 2.10. The van der Waals surface area contributed by atoms with Gasteiger partial charge in [0.1, 0.15) is 0 Å². The van der Waals surface area contributed by atoms with Crippen molar-refractivity contribution in [2.45, 2.75) is 20.8 Å². The highest BCUT2D eigenvalue weighted by Gasteiger charge is 2.23. The van der Waals surface area contributed by atoms with Crippen molar-refractivity contribution in [3.63, 3.8) is 0 Å². The van der Waals surface area contributed by atoms with Crippen LogP contribution in [0.5, 0.6) is 0 Å². The molecule has 1 aliphatic rings. The molecule has 0 saturated carbocycles. The van der Waals surface area contributed by atoms with Gasteiger partial charge in [0.05, 0.1) is 18.1 Å². The molecule has 1 rings (SSSR count). The Labute approximate surface area is 105 Å². The molecule has 0 spiro atoms. The van der Waals surface area contributed by atoms with E-state index in [-0.39, 0.29) is 5.92 Å². The molecular formula is C12H25NO3S. The van der Waals surface area contributed by atoms with Gasteiger partial charge < -0.3 is 4.74 Å². The summed E-state index contributed by atoms with van der Waals surface area (Å²) in [5.74, 6) is 1.41. The highest BCUT2D eigenvalue weighted by atomic mass is 32.2. The fraction of sp³-hybridized carbons (Fsp3) is 1.00. The van der Waals surface area contributed by atoms with Crippen LogP contribution in [0.1, 0.15) is 20.8 Å². The molecule has 1 fully saturated rings. The molecule has 102 valence electrons. The van der Waals surface area contributed by atoms with Crippen LogP contribution in [0.3, 0.4) is 0 Å². The molecule has 1 heterocycles. The first-order valence-electron chi connectivity index (χ1n) is 6.39. The van der Waals surface area contributed by atoms with Crippen molar-refractivity contribution in [2.24, 2.45) is 11.8 Å². The molecule has 4 nitrogen and oxygen atoms in total. The van der Waals surface area contributed by atoms with E-state index in [2.05, 4.69) is 18.7 Å². The largest absolute Gasteiger partial charge is 0.380 e. The first-order chi connectivity index (χ1) is 7.89. The maximum Gasteiger partial charge on any atom is 0.151 e. The Bertz CT molecular complexity index is 314. The van der Waals surface area contributed by atoms with E-state index in [0.29, 0.717) is 30.6 Å². The zero-order valence-electron chi connectivity index (χ0n) is 11.2. The van der Waals surface area contributed by atoms with Crippen LogP contribution in [0.4, 0.5) is 0 Å². The molecule has 0 aliphatic carbocycles. The lowest BCUT2D eigenvalue weighted by atomic mass is 10.2. The van der Waals surface area contributed by atoms with Crippen molar-refractivity contribution in [1.29, 1.82) is 0 Å². The summed E-state index contributed by atoms with van der Waals surface area (Å²) < 4.78 is 28.7. The van der Waals surface area contributed by atoms with Crippen LogP contribution in [0, 0.1) is 11.8 Å². The monoisotopic (exact) mass is 263 g/mol. The van der Waals surface area contributed by atoms with Gasteiger partial charge in [-0.05, 0) is 11.8 Å². The molecule has 1 saturated heterocycles. The smallest absolute Gasteiger partial charge is 0.151 e. The summed E-state index contributed by atoms with van der Waals surface area (Å²) >= 11 is 0. The van der Waals surface area contributed by atoms with Gasteiger partial charge in [0.25, 0.3) is 0 Å². The Morgan fingerprint density at radius 1 is 1.41 bits per heavy atom. The van der Waals surface area contributed by atoms with Gasteiger partial charge in [0, 0.05) is 26.2 Å². The molecule has 1 aliphatic heterocycles. The van der Waals surface area contributed by atoms with E-state index in [1.165, 1.54) is 0 Å². The zero-order valence-corrected chi connectivity index (χ0v) is 12.0. The average molecular weight is 263 g/mol. The first-order valence-corrected chi connectivity index (χ1v) is 8.21. The van der Waals surface area contributed by atoms with Crippen LogP contribution in [0.2, 0.25) is 0 Å². The van der Waals surface area contributed by atoms with Gasteiger partial charge in [0.2, 0.25) is 0 Å². The van der Waals surface area contributed by atoms with Crippen LogP contribution in [0.15, 0.2) is 0 Å². The number of sulfone groups is 1. The standard InChI is InChI=1S/C12H25NO3S/c1-11(2)9-16-6-4-13-5-7-17(14,15)10-12(3)8-13/h11-12H,4-10H2,1-3H3/t12-/m1/s1. The molecule has 0 aromatic heterocycles. The van der Waals surface area contributed by atoms with Crippen molar-refractivity contribution < 1.29 is 13.2 Å². The summed E-state index contributed by atoms with van der Waals surface area (Å²) in [6.07, 6.45) is 0. The molecule has 0 bridgehead atoms. The van der Waals surface area contributed by atoms with Crippen molar-refractivity contribution in [3.8, 4) is 0 Å². The van der Waals surface area contributed by atoms with Crippen LogP contribution in [-0.4, -0.2) is 57.7 Å². The molecule has 17 heavy (non-hydrogen) atoms. The van der Waals surface area contributed by atoms with E-state index in [4.69, 9.17) is 4.74 Å². The van der Waals surface area contributed by atoms with Crippen LogP contribution >= 0.6 is 0 Å². The normalized spacial score (nSPS) is 26.0. The molecule has 0 unspecified atom stereocenters. The van der Waals surface area contributed by atoms with Crippen molar-refractivity contribution in [3.05, 3.63) is 0 Å². The summed E-state index contributed by atoms with van der Waals surface area (Å²) in [7, 11) is -2.83. The summed E-state index contributed by atoms with van der Waals surface area (Å²) in [6.45, 7) is 10.1. The topological polar surface area (TPSA) is 46.6 Å². The first kappa shape index (κ1) is 14.9. The lowest BCUT2D eigenvalue weighted by Gasteiger charge is -2.21. The SMILES string of the molecule is CC(C)COCCN1CCS(=O)(=O)C[C@H](C)C1. The van der Waals surface area contributed by atoms with Gasteiger partial charge in [-0.25, -0.2) is 8.42 Å². The number of rotatable bonds is 5. The second kappa shape index (κ2) is 6.71. The predicted octanol–water partition coefficient (Wildman–Crippen LogP) is 1.03. The third-order valence-corrected chi connectivity index (χ3v) is 4.71. The van der Waals surface area contributed by atoms with Crippen LogP contribution in [-0.2, 0) is 14.6 Å². The summed E-state index contributed by atoms with van der Waals surface area (Å²) in [4.78, 5) is 2.20. The molecule has 0 radical (unpaired) electrons. The second-order valence-electron chi connectivity index (χ2n) is 5.49. The second-order valence-corrected chi connectivity index (χ2v) is 7.72. The average Bonchev–Trinajstić information content (AvgIpc) is 2.31. The maximum absolute atomic E-state index is 11.6. The van der Waals surface area contributed by atoms with Crippen LogP contribution in [0.25, 0.3) is 0 Å². The van der Waals surface area contributed by atoms with E-state index in [0.717, 1.165) is 19.7 Å². The number of hydrogen-bond acceptors (Lipinski definition) is 4. The minimum Gasteiger partial charge on any atom is -0.380 e. The van der Waals surface area contributed by atoms with E-state index in [9.17, 15) is 8.42 Å². The quantitative estimate of drug-likeness (QED) is 0.695. The summed E-state index contributed by atoms with van der Waals surface area (Å²) in [6, 6.07) is 0. The van der Waals surface area contributed by atoms with Gasteiger partial charge in [-0.2, -0.15) is 0 Å². The predicted molar refractivity (Wildman–Crippen MR) is 69.9 cm³/mol. The van der Waals surface area contributed by atoms with Gasteiger partial charge in [-0.15, -0.1) is 0 Å². The van der Waals surface area contributed by atoms with E-state index in [1.54, 1.807) is 0 Å². The molecule has 0 aromatic carbocycles. The van der Waals surface area contributed by atoms with Gasteiger partial charge in [-0.1, -0.05) is 20.8 Å². The fourth-order valence-electron chi connectivity index (χ4n) is 2.09. The van der Waals surface area contributed by atoms with E-state index in [1.807, 2.05) is 6.92 Å². The van der Waals surface area contributed by atoms with E-state index >= 15 is 0 Å². The third kappa shape index (κ3) is 6.38. The molecule has 0 N–H and O–H groups in total. The molecule has 5 heteroatoms. The number of nitrogens with zero attached hydrogens (tertiary/aromatic N) is 1. The van der Waals surface area contributed by atoms with Crippen molar-refractivity contribution >= 4 is 9.84 Å². The zero-order chi connectivity index (χ0) is 12.9. The number of hydrogen-bond donors (Lipinski definition) is 0. The third-order valence-electron chi connectivity index (χ3n) is 2.83. The fourth-order valence-corrected chi connectivity index (χ4v) is 3.76. The van der Waals surface area contributed by atoms with Gasteiger partial charge >= 0.3 is 0 Å². The Morgan fingerprint density at radius 3 is 2.76 bits per heavy atom. The van der Waals surface area contributed by atoms with Gasteiger partial charge in [-0.3, -0.25) is 4.90 Å². The maximum atomic E-state index is 11.6. The van der Waals surface area contributed by atoms with Crippen LogP contribution < -0.4 is 0 Å². The van der Waals surface area contributed by atoms with Crippen molar-refractivity contribution in [2.75, 3.05) is 44.4 Å². The molecule has 0 aromatic rings. The minimum absolute atomic E-state index is 0.229. The Morgan fingerprint density at radius 2 is 2.12 bits per heavy atom. The summed E-state index contributed by atoms with van der Waals surface area (Å²) in [5, 5.41) is 0. The highest BCUT2D eigenvalue weighted by molar-refractivity contribution is 7.91. The molecular weight excluding hydrogens is 238 g/mol.